The fourth-order valence-electron chi connectivity index (χ4n) is 2.90. The average Bonchev–Trinajstić information content (AvgIpc) is 2.48. The van der Waals surface area contributed by atoms with Crippen LogP contribution in [0.25, 0.3) is 0 Å². The Morgan fingerprint density at radius 1 is 1.29 bits per heavy atom. The van der Waals surface area contributed by atoms with Gasteiger partial charge in [-0.1, -0.05) is 18.2 Å². The predicted molar refractivity (Wildman–Crippen MR) is 76.1 cm³/mol. The summed E-state index contributed by atoms with van der Waals surface area (Å²) in [4.78, 5) is 0. The van der Waals surface area contributed by atoms with E-state index in [-0.39, 0.29) is 12.1 Å². The molecule has 1 aromatic carbocycles. The number of rotatable bonds is 5. The summed E-state index contributed by atoms with van der Waals surface area (Å²) >= 11 is 0. The maximum Gasteiger partial charge on any atom is 0.416 e. The van der Waals surface area contributed by atoms with E-state index in [1.54, 1.807) is 19.2 Å². The molecule has 1 saturated heterocycles. The van der Waals surface area contributed by atoms with Gasteiger partial charge in [-0.15, -0.1) is 0 Å². The molecular formula is C16H22F3NO. The lowest BCUT2D eigenvalue weighted by Gasteiger charge is -2.26. The van der Waals surface area contributed by atoms with Crippen LogP contribution in [0.4, 0.5) is 13.2 Å². The number of halogens is 3. The molecule has 0 saturated carbocycles. The summed E-state index contributed by atoms with van der Waals surface area (Å²) in [5, 5.41) is 3.01. The van der Waals surface area contributed by atoms with E-state index in [9.17, 15) is 13.2 Å². The molecule has 0 aromatic heterocycles. The van der Waals surface area contributed by atoms with E-state index >= 15 is 0 Å². The summed E-state index contributed by atoms with van der Waals surface area (Å²) in [7, 11) is 1.71. The first-order valence-corrected chi connectivity index (χ1v) is 7.47. The van der Waals surface area contributed by atoms with Crippen molar-refractivity contribution in [1.82, 2.24) is 5.32 Å². The van der Waals surface area contributed by atoms with Crippen LogP contribution in [-0.2, 0) is 10.9 Å². The summed E-state index contributed by atoms with van der Waals surface area (Å²) in [6.07, 6.45) is 0.556. The molecule has 2 nitrogen and oxygen atoms in total. The molecule has 0 bridgehead atoms. The molecule has 1 aliphatic rings. The molecule has 1 N–H and O–H groups in total. The number of alkyl halides is 3. The maximum absolute atomic E-state index is 13.1. The number of nitrogens with one attached hydrogen (secondary N) is 1. The predicted octanol–water partition coefficient (Wildman–Crippen LogP) is 4.32. The van der Waals surface area contributed by atoms with Crippen LogP contribution in [0.3, 0.4) is 0 Å². The van der Waals surface area contributed by atoms with E-state index < -0.39 is 11.7 Å². The van der Waals surface area contributed by atoms with Crippen molar-refractivity contribution in [3.05, 3.63) is 35.4 Å². The first kappa shape index (κ1) is 16.3. The SMILES string of the molecule is CNC(CCC1CCCCO1)c1ccccc1C(F)(F)F. The van der Waals surface area contributed by atoms with Gasteiger partial charge >= 0.3 is 6.18 Å². The molecule has 0 spiro atoms. The highest BCUT2D eigenvalue weighted by atomic mass is 19.4. The van der Waals surface area contributed by atoms with Crippen molar-refractivity contribution >= 4 is 0 Å². The van der Waals surface area contributed by atoms with Gasteiger partial charge in [0.25, 0.3) is 0 Å². The van der Waals surface area contributed by atoms with Gasteiger partial charge in [0.2, 0.25) is 0 Å². The largest absolute Gasteiger partial charge is 0.416 e. The Kier molecular flexibility index (Phi) is 5.65. The summed E-state index contributed by atoms with van der Waals surface area (Å²) in [6, 6.07) is 5.51. The van der Waals surface area contributed by atoms with Crippen molar-refractivity contribution in [2.45, 2.75) is 50.4 Å². The van der Waals surface area contributed by atoms with E-state index in [0.29, 0.717) is 12.0 Å². The molecule has 1 fully saturated rings. The van der Waals surface area contributed by atoms with E-state index in [1.807, 2.05) is 0 Å². The fraction of sp³-hybridized carbons (Fsp3) is 0.625. The smallest absolute Gasteiger partial charge is 0.378 e. The molecule has 118 valence electrons. The van der Waals surface area contributed by atoms with Crippen LogP contribution in [0.5, 0.6) is 0 Å². The summed E-state index contributed by atoms with van der Waals surface area (Å²) in [6.45, 7) is 0.772. The van der Waals surface area contributed by atoms with Crippen LogP contribution >= 0.6 is 0 Å². The summed E-state index contributed by atoms with van der Waals surface area (Å²) in [5.74, 6) is 0. The van der Waals surface area contributed by atoms with E-state index in [0.717, 1.165) is 38.4 Å². The van der Waals surface area contributed by atoms with Gasteiger partial charge < -0.3 is 10.1 Å². The van der Waals surface area contributed by atoms with E-state index in [1.165, 1.54) is 6.07 Å². The average molecular weight is 301 g/mol. The monoisotopic (exact) mass is 301 g/mol. The second-order valence-corrected chi connectivity index (χ2v) is 5.49. The highest BCUT2D eigenvalue weighted by molar-refractivity contribution is 5.32. The first-order chi connectivity index (χ1) is 10.0. The molecule has 2 unspecified atom stereocenters. The molecule has 0 radical (unpaired) electrons. The van der Waals surface area contributed by atoms with E-state index in [4.69, 9.17) is 4.74 Å². The standard InChI is InChI=1S/C16H22F3NO/c1-20-15(10-9-12-6-4-5-11-21-12)13-7-2-3-8-14(13)16(17,18)19/h2-3,7-8,12,15,20H,4-6,9-11H2,1H3. The maximum atomic E-state index is 13.1. The number of benzene rings is 1. The highest BCUT2D eigenvalue weighted by Crippen LogP contribution is 2.36. The van der Waals surface area contributed by atoms with Gasteiger partial charge in [-0.25, -0.2) is 0 Å². The number of hydrogen-bond acceptors (Lipinski definition) is 2. The highest BCUT2D eigenvalue weighted by Gasteiger charge is 2.34. The molecule has 0 amide bonds. The Morgan fingerprint density at radius 2 is 2.05 bits per heavy atom. The first-order valence-electron chi connectivity index (χ1n) is 7.47. The third-order valence-electron chi connectivity index (χ3n) is 4.04. The van der Waals surface area contributed by atoms with Crippen LogP contribution in [0.15, 0.2) is 24.3 Å². The molecule has 21 heavy (non-hydrogen) atoms. The van der Waals surface area contributed by atoms with Crippen molar-refractivity contribution in [1.29, 1.82) is 0 Å². The molecule has 2 rings (SSSR count). The van der Waals surface area contributed by atoms with Crippen molar-refractivity contribution in [2.24, 2.45) is 0 Å². The minimum absolute atomic E-state index is 0.188. The molecule has 0 aliphatic carbocycles. The lowest BCUT2D eigenvalue weighted by Crippen LogP contribution is -2.24. The zero-order chi connectivity index (χ0) is 15.3. The third kappa shape index (κ3) is 4.45. The number of ether oxygens (including phenoxy) is 1. The molecule has 1 heterocycles. The third-order valence-corrected chi connectivity index (χ3v) is 4.04. The van der Waals surface area contributed by atoms with Crippen LogP contribution in [0, 0.1) is 0 Å². The molecule has 5 heteroatoms. The Morgan fingerprint density at radius 3 is 2.67 bits per heavy atom. The minimum atomic E-state index is -4.31. The lowest BCUT2D eigenvalue weighted by atomic mass is 9.94. The van der Waals surface area contributed by atoms with Crippen molar-refractivity contribution in [3.8, 4) is 0 Å². The Labute approximate surface area is 123 Å². The zero-order valence-corrected chi connectivity index (χ0v) is 12.2. The van der Waals surface area contributed by atoms with Gasteiger partial charge in [-0.05, 0) is 50.8 Å². The van der Waals surface area contributed by atoms with Crippen LogP contribution in [0.2, 0.25) is 0 Å². The number of hydrogen-bond donors (Lipinski definition) is 1. The van der Waals surface area contributed by atoms with Gasteiger partial charge in [0.05, 0.1) is 11.7 Å². The van der Waals surface area contributed by atoms with E-state index in [2.05, 4.69) is 5.32 Å². The second-order valence-electron chi connectivity index (χ2n) is 5.49. The topological polar surface area (TPSA) is 21.3 Å². The molecule has 1 aliphatic heterocycles. The van der Waals surface area contributed by atoms with Crippen molar-refractivity contribution in [3.63, 3.8) is 0 Å². The van der Waals surface area contributed by atoms with Crippen LogP contribution in [-0.4, -0.2) is 19.8 Å². The van der Waals surface area contributed by atoms with Crippen LogP contribution < -0.4 is 5.32 Å². The Bertz CT molecular complexity index is 441. The second kappa shape index (κ2) is 7.27. The molecular weight excluding hydrogens is 279 g/mol. The van der Waals surface area contributed by atoms with Crippen molar-refractivity contribution < 1.29 is 17.9 Å². The zero-order valence-electron chi connectivity index (χ0n) is 12.2. The van der Waals surface area contributed by atoms with Crippen LogP contribution in [0.1, 0.15) is 49.3 Å². The summed E-state index contributed by atoms with van der Waals surface area (Å²) < 4.78 is 44.9. The van der Waals surface area contributed by atoms with Crippen molar-refractivity contribution in [2.75, 3.05) is 13.7 Å². The molecule has 2 atom stereocenters. The van der Waals surface area contributed by atoms with Gasteiger partial charge in [-0.2, -0.15) is 13.2 Å². The summed E-state index contributed by atoms with van der Waals surface area (Å²) in [5.41, 5.74) is -0.225. The van der Waals surface area contributed by atoms with Gasteiger partial charge in [0, 0.05) is 12.6 Å². The Hall–Kier alpha value is -1.07. The lowest BCUT2D eigenvalue weighted by molar-refractivity contribution is -0.138. The quantitative estimate of drug-likeness (QED) is 0.874. The van der Waals surface area contributed by atoms with Gasteiger partial charge in [0.15, 0.2) is 0 Å². The Balaban J connectivity index is 2.06. The van der Waals surface area contributed by atoms with Gasteiger partial charge in [-0.3, -0.25) is 0 Å². The molecule has 1 aromatic rings. The normalized spacial score (nSPS) is 21.2. The van der Waals surface area contributed by atoms with Gasteiger partial charge in [0.1, 0.15) is 0 Å². The fourth-order valence-corrected chi connectivity index (χ4v) is 2.90. The minimum Gasteiger partial charge on any atom is -0.378 e.